The fourth-order valence-corrected chi connectivity index (χ4v) is 0.283. The molecule has 0 nitrogen and oxygen atoms in total. The first kappa shape index (κ1) is 5.85. The maximum Gasteiger partial charge on any atom is 0.0431 e. The van der Waals surface area contributed by atoms with Crippen LogP contribution in [0.3, 0.4) is 0 Å². The zero-order chi connectivity index (χ0) is 4.99. The van der Waals surface area contributed by atoms with Gasteiger partial charge >= 0.3 is 0 Å². The van der Waals surface area contributed by atoms with Gasteiger partial charge in [-0.1, -0.05) is 5.92 Å². The second kappa shape index (κ2) is 3.06. The van der Waals surface area contributed by atoms with E-state index in [-0.39, 0.29) is 0 Å². The molecule has 0 bridgehead atoms. The van der Waals surface area contributed by atoms with Crippen LogP contribution in [0, 0.1) is 17.2 Å². The third-order valence-corrected chi connectivity index (χ3v) is 0.392. The number of hydrogen-bond donors (Lipinski definition) is 0. The van der Waals surface area contributed by atoms with Crippen molar-refractivity contribution in [2.75, 3.05) is 0 Å². The van der Waals surface area contributed by atoms with Crippen molar-refractivity contribution < 1.29 is 0 Å². The molecule has 0 aromatic carbocycles. The predicted octanol–water partition coefficient (Wildman–Crippen LogP) is 1.80. The summed E-state index contributed by atoms with van der Waals surface area (Å²) in [6.07, 6.45) is 0. The predicted molar refractivity (Wildman–Crippen MR) is 28.2 cm³/mol. The summed E-state index contributed by atoms with van der Waals surface area (Å²) in [5.74, 6) is 3.69. The summed E-state index contributed by atoms with van der Waals surface area (Å²) in [6.45, 7) is 3.82. The molecule has 6 heavy (non-hydrogen) atoms. The van der Waals surface area contributed by atoms with Gasteiger partial charge in [-0.2, -0.15) is 0 Å². The van der Waals surface area contributed by atoms with Gasteiger partial charge in [-0.05, 0) is 25.4 Å². The fourth-order valence-electron chi connectivity index (χ4n) is 0.0945. The molecule has 0 atom stereocenters. The SMILES string of the molecule is C[C](C)C#CCl. The van der Waals surface area contributed by atoms with Crippen molar-refractivity contribution in [2.45, 2.75) is 13.8 Å². The van der Waals surface area contributed by atoms with E-state index in [1.807, 2.05) is 13.8 Å². The van der Waals surface area contributed by atoms with Crippen molar-refractivity contribution in [3.8, 4) is 11.3 Å². The Morgan fingerprint density at radius 1 is 1.50 bits per heavy atom. The van der Waals surface area contributed by atoms with Crippen LogP contribution in [0.4, 0.5) is 0 Å². The minimum atomic E-state index is 1.05. The summed E-state index contributed by atoms with van der Waals surface area (Å²) in [7, 11) is 0. The maximum absolute atomic E-state index is 5.01. The van der Waals surface area contributed by atoms with Crippen molar-refractivity contribution in [3.63, 3.8) is 0 Å². The zero-order valence-corrected chi connectivity index (χ0v) is 4.63. The van der Waals surface area contributed by atoms with Crippen LogP contribution in [0.15, 0.2) is 0 Å². The second-order valence-electron chi connectivity index (χ2n) is 1.22. The third-order valence-electron chi connectivity index (χ3n) is 0.297. The first-order chi connectivity index (χ1) is 2.77. The van der Waals surface area contributed by atoms with Crippen molar-refractivity contribution >= 4 is 11.6 Å². The van der Waals surface area contributed by atoms with E-state index in [1.165, 1.54) is 0 Å². The first-order valence-corrected chi connectivity index (χ1v) is 2.07. The Morgan fingerprint density at radius 2 is 2.00 bits per heavy atom. The van der Waals surface area contributed by atoms with Gasteiger partial charge in [0.1, 0.15) is 0 Å². The van der Waals surface area contributed by atoms with Gasteiger partial charge in [-0.25, -0.2) is 0 Å². The molecule has 0 spiro atoms. The normalized spacial score (nSPS) is 7.33. The molecule has 1 heteroatoms. The van der Waals surface area contributed by atoms with Gasteiger partial charge in [0.05, 0.1) is 0 Å². The summed E-state index contributed by atoms with van der Waals surface area (Å²) in [5.41, 5.74) is 0. The Kier molecular flexibility index (Phi) is 2.98. The Hall–Kier alpha value is -0.150. The van der Waals surface area contributed by atoms with Gasteiger partial charge in [0.25, 0.3) is 0 Å². The number of halogens is 1. The molecule has 0 N–H and O–H groups in total. The van der Waals surface area contributed by atoms with E-state index < -0.39 is 0 Å². The van der Waals surface area contributed by atoms with Gasteiger partial charge in [0.15, 0.2) is 0 Å². The molecule has 0 aromatic rings. The van der Waals surface area contributed by atoms with Gasteiger partial charge in [0, 0.05) is 11.3 Å². The topological polar surface area (TPSA) is 0 Å². The lowest BCUT2D eigenvalue weighted by Crippen LogP contribution is -1.70. The summed E-state index contributed by atoms with van der Waals surface area (Å²) < 4.78 is 0. The van der Waals surface area contributed by atoms with Gasteiger partial charge in [0.2, 0.25) is 0 Å². The number of hydrogen-bond acceptors (Lipinski definition) is 0. The molecule has 0 heterocycles. The highest BCUT2D eigenvalue weighted by molar-refractivity contribution is 6.30. The molecule has 0 amide bonds. The summed E-state index contributed by atoms with van der Waals surface area (Å²) >= 11 is 5.01. The first-order valence-electron chi connectivity index (χ1n) is 1.69. The molecule has 33 valence electrons. The van der Waals surface area contributed by atoms with Crippen LogP contribution in [0.1, 0.15) is 13.8 Å². The van der Waals surface area contributed by atoms with Crippen LogP contribution < -0.4 is 0 Å². The lowest BCUT2D eigenvalue weighted by atomic mass is 10.2. The quantitative estimate of drug-likeness (QED) is 0.408. The minimum Gasteiger partial charge on any atom is -0.0781 e. The van der Waals surface area contributed by atoms with E-state index >= 15 is 0 Å². The Balaban J connectivity index is 3.20. The molecule has 0 saturated carbocycles. The highest BCUT2D eigenvalue weighted by Gasteiger charge is 1.78. The van der Waals surface area contributed by atoms with Crippen molar-refractivity contribution in [1.29, 1.82) is 0 Å². The van der Waals surface area contributed by atoms with Gasteiger partial charge in [-0.3, -0.25) is 0 Å². The second-order valence-corrected chi connectivity index (χ2v) is 1.41. The lowest BCUT2D eigenvalue weighted by Gasteiger charge is -1.79. The van der Waals surface area contributed by atoms with Crippen molar-refractivity contribution in [1.82, 2.24) is 0 Å². The van der Waals surface area contributed by atoms with Crippen LogP contribution in [0.5, 0.6) is 0 Å². The zero-order valence-electron chi connectivity index (χ0n) is 3.88. The van der Waals surface area contributed by atoms with E-state index in [9.17, 15) is 0 Å². The van der Waals surface area contributed by atoms with Crippen LogP contribution in [0.2, 0.25) is 0 Å². The van der Waals surface area contributed by atoms with Crippen molar-refractivity contribution in [2.24, 2.45) is 0 Å². The Morgan fingerprint density at radius 3 is 2.00 bits per heavy atom. The van der Waals surface area contributed by atoms with Crippen LogP contribution in [-0.2, 0) is 0 Å². The standard InChI is InChI=1S/C5H6Cl/c1-5(2)3-4-6/h1-2H3. The molecule has 0 fully saturated rings. The monoisotopic (exact) mass is 101 g/mol. The van der Waals surface area contributed by atoms with Crippen LogP contribution in [-0.4, -0.2) is 0 Å². The van der Waals surface area contributed by atoms with Crippen molar-refractivity contribution in [3.05, 3.63) is 5.92 Å². The molecule has 0 aliphatic heterocycles. The average Bonchev–Trinajstić information content (AvgIpc) is 1.35. The van der Waals surface area contributed by atoms with E-state index in [0.717, 1.165) is 5.92 Å². The van der Waals surface area contributed by atoms with E-state index in [0.29, 0.717) is 0 Å². The number of rotatable bonds is 0. The smallest absolute Gasteiger partial charge is 0.0431 e. The molecule has 0 saturated heterocycles. The fraction of sp³-hybridized carbons (Fsp3) is 0.400. The largest absolute Gasteiger partial charge is 0.0781 e. The molecule has 0 aromatic heterocycles. The highest BCUT2D eigenvalue weighted by Crippen LogP contribution is 1.88. The molecular weight excluding hydrogens is 95.5 g/mol. The summed E-state index contributed by atoms with van der Waals surface area (Å²) in [4.78, 5) is 0. The minimum absolute atomic E-state index is 1.05. The molecule has 1 radical (unpaired) electrons. The van der Waals surface area contributed by atoms with Crippen LogP contribution >= 0.6 is 11.6 Å². The van der Waals surface area contributed by atoms with Gasteiger partial charge < -0.3 is 0 Å². The van der Waals surface area contributed by atoms with Crippen LogP contribution in [0.25, 0.3) is 0 Å². The molecule has 0 unspecified atom stereocenters. The lowest BCUT2D eigenvalue weighted by molar-refractivity contribution is 1.25. The molecule has 0 aliphatic rings. The highest BCUT2D eigenvalue weighted by atomic mass is 35.5. The molecule has 0 aliphatic carbocycles. The Labute approximate surface area is 43.5 Å². The third kappa shape index (κ3) is 3.85. The van der Waals surface area contributed by atoms with E-state index in [4.69, 9.17) is 11.6 Å². The van der Waals surface area contributed by atoms with E-state index in [2.05, 4.69) is 11.3 Å². The summed E-state index contributed by atoms with van der Waals surface area (Å²) in [5, 5.41) is 2.25. The molecular formula is C5H6Cl. The Bertz CT molecular complexity index is 73.7. The van der Waals surface area contributed by atoms with Gasteiger partial charge in [-0.15, -0.1) is 0 Å². The maximum atomic E-state index is 5.01. The molecule has 0 rings (SSSR count). The summed E-state index contributed by atoms with van der Waals surface area (Å²) in [6, 6.07) is 0. The van der Waals surface area contributed by atoms with E-state index in [1.54, 1.807) is 0 Å². The average molecular weight is 102 g/mol.